The molecule has 5 aliphatic rings. The summed E-state index contributed by atoms with van der Waals surface area (Å²) in [7, 11) is 0. The molecule has 0 heterocycles. The summed E-state index contributed by atoms with van der Waals surface area (Å²) in [5.74, 6) is -0.347. The first kappa shape index (κ1) is 25.2. The van der Waals surface area contributed by atoms with Crippen LogP contribution in [0, 0.1) is 50.2 Å². The molecule has 4 nitrogen and oxygen atoms in total. The van der Waals surface area contributed by atoms with E-state index in [4.69, 9.17) is 0 Å². The Labute approximate surface area is 207 Å². The smallest absolute Gasteiger partial charge is 0.193 e. The van der Waals surface area contributed by atoms with Crippen molar-refractivity contribution >= 4 is 5.78 Å². The minimum atomic E-state index is -1.49. The van der Waals surface area contributed by atoms with Crippen molar-refractivity contribution in [3.63, 3.8) is 0 Å². The van der Waals surface area contributed by atoms with Crippen LogP contribution in [0.1, 0.15) is 113 Å². The van der Waals surface area contributed by atoms with E-state index in [0.29, 0.717) is 6.42 Å². The predicted molar refractivity (Wildman–Crippen MR) is 134 cm³/mol. The number of Topliss-reactive ketones (excluding diaryl/α,β-unsaturated/α-hetero) is 1. The van der Waals surface area contributed by atoms with E-state index in [1.54, 1.807) is 0 Å². The number of hydrogen-bond acceptors (Lipinski definition) is 4. The molecule has 0 radical (unpaired) electrons. The second-order valence-corrected chi connectivity index (χ2v) is 15.9. The van der Waals surface area contributed by atoms with Gasteiger partial charge < -0.3 is 15.3 Å². The van der Waals surface area contributed by atoms with Crippen LogP contribution in [0.25, 0.3) is 0 Å². The highest BCUT2D eigenvalue weighted by Gasteiger charge is 2.79. The second-order valence-electron chi connectivity index (χ2n) is 15.9. The van der Waals surface area contributed by atoms with Gasteiger partial charge in [-0.3, -0.25) is 4.79 Å². The quantitative estimate of drug-likeness (QED) is 0.432. The van der Waals surface area contributed by atoms with Crippen LogP contribution in [-0.4, -0.2) is 38.9 Å². The minimum absolute atomic E-state index is 0.0552. The van der Waals surface area contributed by atoms with Crippen molar-refractivity contribution in [2.75, 3.05) is 0 Å². The van der Waals surface area contributed by atoms with Crippen molar-refractivity contribution in [1.82, 2.24) is 0 Å². The highest BCUT2D eigenvalue weighted by Crippen LogP contribution is 2.77. The SMILES string of the molecule is CC1(C)CCC2(C)CCC3(C)C4(C)CCC5C(C)(C)C(O)CCC5(C)C4C(O)C(=O)C3(O)C2C1. The number of carbonyl (C=O) groups excluding carboxylic acids is 1. The van der Waals surface area contributed by atoms with E-state index in [1.165, 1.54) is 0 Å². The van der Waals surface area contributed by atoms with E-state index in [2.05, 4.69) is 55.4 Å². The maximum Gasteiger partial charge on any atom is 0.193 e. The molecule has 5 fully saturated rings. The summed E-state index contributed by atoms with van der Waals surface area (Å²) in [5, 5.41) is 35.6. The lowest BCUT2D eigenvalue weighted by atomic mass is 9.29. The molecule has 5 rings (SSSR count). The minimum Gasteiger partial charge on any atom is -0.393 e. The zero-order chi connectivity index (χ0) is 25.3. The van der Waals surface area contributed by atoms with Crippen LogP contribution in [0.15, 0.2) is 0 Å². The van der Waals surface area contributed by atoms with E-state index < -0.39 is 17.1 Å². The summed E-state index contributed by atoms with van der Waals surface area (Å²) in [6, 6.07) is 0. The molecular formula is C30H50O4. The van der Waals surface area contributed by atoms with Crippen LogP contribution in [0.4, 0.5) is 0 Å². The zero-order valence-electron chi connectivity index (χ0n) is 23.0. The van der Waals surface area contributed by atoms with Crippen molar-refractivity contribution in [3.05, 3.63) is 0 Å². The molecule has 0 amide bonds. The monoisotopic (exact) mass is 474 g/mol. The van der Waals surface area contributed by atoms with Gasteiger partial charge in [-0.2, -0.15) is 0 Å². The largest absolute Gasteiger partial charge is 0.393 e. The van der Waals surface area contributed by atoms with E-state index in [0.717, 1.165) is 51.4 Å². The number of ketones is 1. The van der Waals surface area contributed by atoms with Gasteiger partial charge in [-0.05, 0) is 90.8 Å². The van der Waals surface area contributed by atoms with E-state index in [1.807, 2.05) is 0 Å². The van der Waals surface area contributed by atoms with Gasteiger partial charge in [0.1, 0.15) is 11.7 Å². The lowest BCUT2D eigenvalue weighted by Crippen LogP contribution is -2.80. The molecule has 0 spiro atoms. The van der Waals surface area contributed by atoms with Crippen molar-refractivity contribution in [1.29, 1.82) is 0 Å². The van der Waals surface area contributed by atoms with Gasteiger partial charge >= 0.3 is 0 Å². The second kappa shape index (κ2) is 6.90. The number of hydrogen-bond donors (Lipinski definition) is 3. The maximum atomic E-state index is 14.4. The Morgan fingerprint density at radius 1 is 0.765 bits per heavy atom. The Morgan fingerprint density at radius 3 is 2.03 bits per heavy atom. The average molecular weight is 475 g/mol. The van der Waals surface area contributed by atoms with Gasteiger partial charge in [0.05, 0.1) is 6.10 Å². The van der Waals surface area contributed by atoms with Crippen LogP contribution in [0.2, 0.25) is 0 Å². The Bertz CT molecular complexity index is 894. The summed E-state index contributed by atoms with van der Waals surface area (Å²) >= 11 is 0. The van der Waals surface area contributed by atoms with E-state index in [9.17, 15) is 20.1 Å². The van der Waals surface area contributed by atoms with Gasteiger partial charge in [0, 0.05) is 17.3 Å². The number of aliphatic hydroxyl groups is 3. The summed E-state index contributed by atoms with van der Waals surface area (Å²) in [6.07, 6.45) is 6.81. The fourth-order valence-electron chi connectivity index (χ4n) is 11.1. The van der Waals surface area contributed by atoms with Gasteiger partial charge in [0.25, 0.3) is 0 Å². The lowest BCUT2D eigenvalue weighted by molar-refractivity contribution is -0.309. The molecule has 194 valence electrons. The van der Waals surface area contributed by atoms with Crippen LogP contribution in [-0.2, 0) is 4.79 Å². The number of rotatable bonds is 0. The Morgan fingerprint density at radius 2 is 1.38 bits per heavy atom. The molecule has 0 saturated heterocycles. The Kier molecular flexibility index (Phi) is 5.11. The molecule has 0 aromatic heterocycles. The Hall–Kier alpha value is -0.450. The molecule has 0 aromatic rings. The highest BCUT2D eigenvalue weighted by molar-refractivity contribution is 5.94. The van der Waals surface area contributed by atoms with Crippen LogP contribution in [0.3, 0.4) is 0 Å². The van der Waals surface area contributed by atoms with E-state index in [-0.39, 0.29) is 56.7 Å². The molecule has 0 aromatic carbocycles. The molecule has 5 saturated carbocycles. The van der Waals surface area contributed by atoms with Gasteiger partial charge in [-0.1, -0.05) is 55.4 Å². The summed E-state index contributed by atoms with van der Waals surface area (Å²) < 4.78 is 0. The van der Waals surface area contributed by atoms with E-state index >= 15 is 0 Å². The summed E-state index contributed by atoms with van der Waals surface area (Å²) in [5.41, 5.74) is -2.83. The molecular weight excluding hydrogens is 424 g/mol. The summed E-state index contributed by atoms with van der Waals surface area (Å²) in [6.45, 7) is 18.0. The molecule has 4 heteroatoms. The van der Waals surface area contributed by atoms with Crippen molar-refractivity contribution in [2.45, 2.75) is 131 Å². The molecule has 5 aliphatic carbocycles. The standard InChI is InChI=1S/C30H50O4/c1-24(2)13-14-26(5)15-16-29(8)28(7)12-9-18-25(3,4)20(31)10-11-27(18,6)22(28)21(32)23(33)30(29,34)19(26)17-24/h18-22,31-32,34H,9-17H2,1-8H3. The molecule has 0 bridgehead atoms. The zero-order valence-corrected chi connectivity index (χ0v) is 23.0. The van der Waals surface area contributed by atoms with Crippen molar-refractivity contribution in [3.8, 4) is 0 Å². The molecule has 3 N–H and O–H groups in total. The van der Waals surface area contributed by atoms with Gasteiger partial charge in [0.15, 0.2) is 5.78 Å². The normalized spacial score (nSPS) is 58.2. The van der Waals surface area contributed by atoms with Gasteiger partial charge in [-0.15, -0.1) is 0 Å². The molecule has 0 aliphatic heterocycles. The fourth-order valence-corrected chi connectivity index (χ4v) is 11.1. The number of aliphatic hydroxyl groups excluding tert-OH is 2. The molecule has 34 heavy (non-hydrogen) atoms. The average Bonchev–Trinajstić information content (AvgIpc) is 2.73. The predicted octanol–water partition coefficient (Wildman–Crippen LogP) is 5.51. The summed E-state index contributed by atoms with van der Waals surface area (Å²) in [4.78, 5) is 14.4. The first-order valence-electron chi connectivity index (χ1n) is 14.0. The van der Waals surface area contributed by atoms with Crippen LogP contribution >= 0.6 is 0 Å². The number of fused-ring (bicyclic) bond motifs is 7. The third kappa shape index (κ3) is 2.69. The third-order valence-electron chi connectivity index (χ3n) is 13.6. The highest BCUT2D eigenvalue weighted by atomic mass is 16.3. The first-order chi connectivity index (χ1) is 15.4. The number of carbonyl (C=O) groups is 1. The maximum absolute atomic E-state index is 14.4. The van der Waals surface area contributed by atoms with Crippen molar-refractivity contribution < 1.29 is 20.1 Å². The molecule has 10 atom stereocenters. The van der Waals surface area contributed by atoms with Crippen molar-refractivity contribution in [2.24, 2.45) is 50.2 Å². The van der Waals surface area contributed by atoms with Crippen LogP contribution in [0.5, 0.6) is 0 Å². The van der Waals surface area contributed by atoms with Crippen LogP contribution < -0.4 is 0 Å². The topological polar surface area (TPSA) is 77.8 Å². The fraction of sp³-hybridized carbons (Fsp3) is 0.967. The van der Waals surface area contributed by atoms with Gasteiger partial charge in [0.2, 0.25) is 0 Å². The lowest BCUT2D eigenvalue weighted by Gasteiger charge is -2.75. The Balaban J connectivity index is 1.66. The first-order valence-corrected chi connectivity index (χ1v) is 14.0. The third-order valence-corrected chi connectivity index (χ3v) is 13.6. The van der Waals surface area contributed by atoms with Gasteiger partial charge in [-0.25, -0.2) is 0 Å². The molecule has 10 unspecified atom stereocenters.